The van der Waals surface area contributed by atoms with Crippen molar-refractivity contribution in [1.82, 2.24) is 9.88 Å². The molecule has 0 aliphatic rings. The molecule has 0 saturated heterocycles. The molecule has 0 aliphatic heterocycles. The van der Waals surface area contributed by atoms with Gasteiger partial charge in [-0.1, -0.05) is 12.1 Å². The van der Waals surface area contributed by atoms with Crippen molar-refractivity contribution in [3.8, 4) is 0 Å². The molecule has 26 heavy (non-hydrogen) atoms. The molecule has 0 bridgehead atoms. The molecule has 0 radical (unpaired) electrons. The van der Waals surface area contributed by atoms with Gasteiger partial charge in [0, 0.05) is 35.9 Å². The zero-order chi connectivity index (χ0) is 18.4. The van der Waals surface area contributed by atoms with Gasteiger partial charge in [0.15, 0.2) is 5.58 Å². The van der Waals surface area contributed by atoms with Crippen molar-refractivity contribution in [1.29, 1.82) is 0 Å². The van der Waals surface area contributed by atoms with E-state index >= 15 is 0 Å². The number of nitrogens with zero attached hydrogens (tertiary/aromatic N) is 1. The maximum atomic E-state index is 11.9. The number of aryl methyl sites for hydroxylation is 1. The van der Waals surface area contributed by atoms with Crippen LogP contribution < -0.4 is 11.1 Å². The Morgan fingerprint density at radius 3 is 2.92 bits per heavy atom. The Hall–Kier alpha value is -1.51. The number of hydrogen-bond donors (Lipinski definition) is 1. The van der Waals surface area contributed by atoms with Gasteiger partial charge in [0.25, 0.3) is 0 Å². The number of fused-ring (bicyclic) bond motifs is 1. The molecule has 0 aliphatic carbocycles. The van der Waals surface area contributed by atoms with Crippen LogP contribution in [0, 0.1) is 0 Å². The molecule has 1 aromatic carbocycles. The highest BCUT2D eigenvalue weighted by molar-refractivity contribution is 9.11. The number of oxazole rings is 1. The lowest BCUT2D eigenvalue weighted by molar-refractivity contribution is -0.121. The van der Waals surface area contributed by atoms with E-state index in [1.165, 1.54) is 4.88 Å². The Kier molecular flexibility index (Phi) is 6.99. The highest BCUT2D eigenvalue weighted by Gasteiger charge is 2.09. The number of nitrogens with one attached hydrogen (secondary N) is 1. The van der Waals surface area contributed by atoms with Crippen LogP contribution in [0.3, 0.4) is 0 Å². The number of thioether (sulfide) groups is 1. The Labute approximate surface area is 167 Å². The maximum Gasteiger partial charge on any atom is 0.419 e. The largest absolute Gasteiger partial charge is 0.419 e. The molecule has 3 rings (SSSR count). The number of halogens is 1. The summed E-state index contributed by atoms with van der Waals surface area (Å²) in [5.41, 5.74) is 1.35. The zero-order valence-corrected chi connectivity index (χ0v) is 17.3. The minimum atomic E-state index is -0.372. The van der Waals surface area contributed by atoms with Crippen LogP contribution in [0.25, 0.3) is 11.1 Å². The Morgan fingerprint density at radius 2 is 2.12 bits per heavy atom. The van der Waals surface area contributed by atoms with Crippen LogP contribution in [0.15, 0.2) is 49.4 Å². The van der Waals surface area contributed by atoms with Gasteiger partial charge in [0.05, 0.1) is 9.30 Å². The zero-order valence-electron chi connectivity index (χ0n) is 14.1. The van der Waals surface area contributed by atoms with Gasteiger partial charge >= 0.3 is 5.76 Å². The van der Waals surface area contributed by atoms with Gasteiger partial charge in [-0.25, -0.2) is 4.79 Å². The molecule has 0 saturated carbocycles. The van der Waals surface area contributed by atoms with Crippen molar-refractivity contribution in [3.05, 3.63) is 55.6 Å². The van der Waals surface area contributed by atoms with E-state index in [2.05, 4.69) is 33.4 Å². The van der Waals surface area contributed by atoms with E-state index in [0.29, 0.717) is 31.5 Å². The molecule has 3 aromatic rings. The number of carbonyl (C=O) groups excluding carboxylic acids is 1. The lowest BCUT2D eigenvalue weighted by atomic mass is 10.2. The number of hydrogen-bond acceptors (Lipinski definition) is 5. The Bertz CT molecular complexity index is 932. The predicted octanol–water partition coefficient (Wildman–Crippen LogP) is 4.25. The molecule has 0 fully saturated rings. The van der Waals surface area contributed by atoms with Crippen molar-refractivity contribution in [2.45, 2.75) is 25.1 Å². The first kappa shape index (κ1) is 19.3. The lowest BCUT2D eigenvalue weighted by Crippen LogP contribution is -2.26. The summed E-state index contributed by atoms with van der Waals surface area (Å²) in [6, 6.07) is 11.5. The van der Waals surface area contributed by atoms with Crippen molar-refractivity contribution in [3.63, 3.8) is 0 Å². The summed E-state index contributed by atoms with van der Waals surface area (Å²) in [4.78, 5) is 25.1. The summed E-state index contributed by atoms with van der Waals surface area (Å²) in [6.07, 6.45) is 1.00. The number of thiophene rings is 1. The van der Waals surface area contributed by atoms with Crippen molar-refractivity contribution in [2.75, 3.05) is 12.3 Å². The van der Waals surface area contributed by atoms with Gasteiger partial charge in [-0.05, 0) is 46.6 Å². The second kappa shape index (κ2) is 9.43. The molecule has 0 atom stereocenters. The number of benzene rings is 1. The molecule has 1 amide bonds. The van der Waals surface area contributed by atoms with Crippen LogP contribution in [0.4, 0.5) is 0 Å². The van der Waals surface area contributed by atoms with E-state index in [1.807, 2.05) is 18.2 Å². The topological polar surface area (TPSA) is 64.2 Å². The summed E-state index contributed by atoms with van der Waals surface area (Å²) in [5, 5.41) is 2.93. The summed E-state index contributed by atoms with van der Waals surface area (Å²) < 4.78 is 7.91. The number of amides is 1. The Balaban J connectivity index is 1.34. The SMILES string of the molecule is O=C(CCCn1c(=O)oc2ccccc21)NCCSCc1ccc(Br)s1. The fourth-order valence-electron chi connectivity index (χ4n) is 2.58. The van der Waals surface area contributed by atoms with Gasteiger partial charge in [0.1, 0.15) is 0 Å². The number of carbonyl (C=O) groups is 1. The summed E-state index contributed by atoms with van der Waals surface area (Å²) >= 11 is 7.00. The Morgan fingerprint density at radius 1 is 1.27 bits per heavy atom. The minimum absolute atomic E-state index is 0.0188. The molecule has 5 nitrogen and oxygen atoms in total. The van der Waals surface area contributed by atoms with Crippen LogP contribution in [-0.2, 0) is 17.1 Å². The third-order valence-corrected chi connectivity index (χ3v) is 6.62. The highest BCUT2D eigenvalue weighted by Crippen LogP contribution is 2.25. The van der Waals surface area contributed by atoms with Crippen LogP contribution in [-0.4, -0.2) is 22.8 Å². The standard InChI is InChI=1S/C18H19BrN2O3S2/c19-16-8-7-13(26-16)12-25-11-9-20-17(22)6-3-10-21-14-4-1-2-5-15(14)24-18(21)23/h1-2,4-5,7-8H,3,6,9-12H2,(H,20,22). The number of para-hydroxylation sites is 2. The monoisotopic (exact) mass is 454 g/mol. The highest BCUT2D eigenvalue weighted by atomic mass is 79.9. The predicted molar refractivity (Wildman–Crippen MR) is 111 cm³/mol. The number of rotatable bonds is 9. The van der Waals surface area contributed by atoms with E-state index in [1.54, 1.807) is 33.7 Å². The summed E-state index contributed by atoms with van der Waals surface area (Å²) in [5.74, 6) is 1.49. The van der Waals surface area contributed by atoms with Crippen molar-refractivity contribution in [2.24, 2.45) is 0 Å². The second-order valence-electron chi connectivity index (χ2n) is 5.70. The molecule has 8 heteroatoms. The number of aromatic nitrogens is 1. The van der Waals surface area contributed by atoms with Gasteiger partial charge in [-0.15, -0.1) is 11.3 Å². The lowest BCUT2D eigenvalue weighted by Gasteiger charge is -2.05. The van der Waals surface area contributed by atoms with Crippen LogP contribution >= 0.6 is 39.0 Å². The van der Waals surface area contributed by atoms with E-state index in [4.69, 9.17) is 4.42 Å². The minimum Gasteiger partial charge on any atom is -0.408 e. The summed E-state index contributed by atoms with van der Waals surface area (Å²) in [6.45, 7) is 1.13. The van der Waals surface area contributed by atoms with Crippen LogP contribution in [0.5, 0.6) is 0 Å². The molecular weight excluding hydrogens is 436 g/mol. The first-order valence-electron chi connectivity index (χ1n) is 8.30. The molecule has 0 unspecified atom stereocenters. The van der Waals surface area contributed by atoms with Gasteiger partial charge in [0.2, 0.25) is 5.91 Å². The van der Waals surface area contributed by atoms with E-state index < -0.39 is 0 Å². The fourth-order valence-corrected chi connectivity index (χ4v) is 5.03. The molecular formula is C18H19BrN2O3S2. The van der Waals surface area contributed by atoms with E-state index in [9.17, 15) is 9.59 Å². The first-order valence-corrected chi connectivity index (χ1v) is 11.1. The maximum absolute atomic E-state index is 11.9. The summed E-state index contributed by atoms with van der Waals surface area (Å²) in [7, 11) is 0. The van der Waals surface area contributed by atoms with Crippen molar-refractivity contribution >= 4 is 56.0 Å². The molecule has 2 aromatic heterocycles. The smallest absolute Gasteiger partial charge is 0.408 e. The second-order valence-corrected chi connectivity index (χ2v) is 9.35. The van der Waals surface area contributed by atoms with Crippen LogP contribution in [0.2, 0.25) is 0 Å². The first-order chi connectivity index (χ1) is 12.6. The molecule has 138 valence electrons. The van der Waals surface area contributed by atoms with Gasteiger partial charge < -0.3 is 9.73 Å². The fraction of sp³-hybridized carbons (Fsp3) is 0.333. The average molecular weight is 455 g/mol. The van der Waals surface area contributed by atoms with E-state index in [0.717, 1.165) is 20.8 Å². The average Bonchev–Trinajstić information content (AvgIpc) is 3.18. The third kappa shape index (κ3) is 5.25. The van der Waals surface area contributed by atoms with Gasteiger partial charge in [-0.2, -0.15) is 11.8 Å². The van der Waals surface area contributed by atoms with E-state index in [-0.39, 0.29) is 11.7 Å². The van der Waals surface area contributed by atoms with Crippen LogP contribution in [0.1, 0.15) is 17.7 Å². The van der Waals surface area contributed by atoms with Crippen molar-refractivity contribution < 1.29 is 9.21 Å². The quantitative estimate of drug-likeness (QED) is 0.490. The third-order valence-electron chi connectivity index (χ3n) is 3.80. The molecule has 2 heterocycles. The molecule has 1 N–H and O–H groups in total. The molecule has 0 spiro atoms. The normalized spacial score (nSPS) is 11.1. The van der Waals surface area contributed by atoms with Gasteiger partial charge in [-0.3, -0.25) is 9.36 Å².